The Hall–Kier alpha value is -0.730. The topological polar surface area (TPSA) is 66.5 Å². The van der Waals surface area contributed by atoms with Crippen LogP contribution in [-0.4, -0.2) is 37.0 Å². The number of halogens is 2. The van der Waals surface area contributed by atoms with Crippen molar-refractivity contribution in [1.29, 1.82) is 0 Å². The number of carbonyl (C=O) groups is 1. The second kappa shape index (κ2) is 7.25. The molecule has 0 saturated heterocycles. The lowest BCUT2D eigenvalue weighted by Crippen LogP contribution is -2.45. The second-order valence-electron chi connectivity index (χ2n) is 5.76. The lowest BCUT2D eigenvalue weighted by molar-refractivity contribution is -0.121. The van der Waals surface area contributed by atoms with Gasteiger partial charge in [-0.2, -0.15) is 4.31 Å². The molecule has 3 rings (SSSR count). The summed E-state index contributed by atoms with van der Waals surface area (Å²) < 4.78 is 24.7. The third kappa shape index (κ3) is 3.46. The van der Waals surface area contributed by atoms with Crippen LogP contribution in [0.15, 0.2) is 33.7 Å². The zero-order chi connectivity index (χ0) is 17.4. The van der Waals surface area contributed by atoms with Gasteiger partial charge in [0.2, 0.25) is 16.8 Å². The lowest BCUT2D eigenvalue weighted by atomic mass is 10.1. The molecule has 0 fully saturated rings. The average molecular weight is 407 g/mol. The van der Waals surface area contributed by atoms with Crippen molar-refractivity contribution in [2.24, 2.45) is 0 Å². The molecule has 3 atom stereocenters. The highest BCUT2D eigenvalue weighted by Crippen LogP contribution is 2.42. The molecular weight excluding hydrogens is 391 g/mol. The third-order valence-electron chi connectivity index (χ3n) is 4.30. The molecule has 2 aliphatic rings. The van der Waals surface area contributed by atoms with Crippen LogP contribution in [0.25, 0.3) is 0 Å². The minimum atomic E-state index is -2.75. The quantitative estimate of drug-likeness (QED) is 0.753. The molecule has 1 aliphatic heterocycles. The van der Waals surface area contributed by atoms with E-state index in [9.17, 15) is 13.2 Å². The van der Waals surface area contributed by atoms with E-state index in [1.165, 1.54) is 23.1 Å². The number of hydrogen-bond acceptors (Lipinski definition) is 4. The summed E-state index contributed by atoms with van der Waals surface area (Å²) in [6.07, 6.45) is 0.985. The van der Waals surface area contributed by atoms with Gasteiger partial charge in [-0.25, -0.2) is 8.42 Å². The average Bonchev–Trinajstić information content (AvgIpc) is 3.06. The molecule has 1 aliphatic carbocycles. The molecule has 9 heteroatoms. The Labute approximate surface area is 156 Å². The van der Waals surface area contributed by atoms with E-state index in [4.69, 9.17) is 23.2 Å². The molecule has 0 radical (unpaired) electrons. The first-order valence-electron chi connectivity index (χ1n) is 7.34. The number of fused-ring (bicyclic) bond motifs is 1. The molecule has 1 aromatic carbocycles. The Morgan fingerprint density at radius 3 is 2.62 bits per heavy atom. The van der Waals surface area contributed by atoms with Crippen molar-refractivity contribution in [3.63, 3.8) is 0 Å². The first-order valence-corrected chi connectivity index (χ1v) is 10.1. The van der Waals surface area contributed by atoms with Crippen molar-refractivity contribution in [1.82, 2.24) is 9.62 Å². The molecule has 1 heterocycles. The van der Waals surface area contributed by atoms with Crippen molar-refractivity contribution < 1.29 is 13.2 Å². The number of thioether (sulfide) groups is 1. The molecule has 3 unspecified atom stereocenters. The predicted octanol–water partition coefficient (Wildman–Crippen LogP) is 2.38. The maximum Gasteiger partial charge on any atom is 0.234 e. The minimum Gasteiger partial charge on any atom is -0.350 e. The number of nitrogens with zero attached hydrogens (tertiary/aromatic N) is 1. The van der Waals surface area contributed by atoms with Crippen molar-refractivity contribution in [3.8, 4) is 0 Å². The van der Waals surface area contributed by atoms with Gasteiger partial charge < -0.3 is 5.32 Å². The number of hydrogen-bond donors (Lipinski definition) is 2. The fourth-order valence-electron chi connectivity index (χ4n) is 3.16. The highest BCUT2D eigenvalue weighted by molar-refractivity contribution is 8.06. The number of amides is 1. The highest BCUT2D eigenvalue weighted by atomic mass is 35.5. The Kier molecular flexibility index (Phi) is 5.46. The van der Waals surface area contributed by atoms with Crippen LogP contribution < -0.4 is 5.32 Å². The summed E-state index contributed by atoms with van der Waals surface area (Å²) in [5, 5.41) is 3.10. The number of likely N-dealkylation sites (N-methyl/N-ethyl adjacent to an activating group) is 1. The van der Waals surface area contributed by atoms with Crippen LogP contribution >= 0.6 is 35.0 Å². The van der Waals surface area contributed by atoms with Crippen molar-refractivity contribution in [3.05, 3.63) is 44.8 Å². The number of carbonyl (C=O) groups excluding carboxylic acids is 1. The van der Waals surface area contributed by atoms with Gasteiger partial charge in [0.25, 0.3) is 0 Å². The molecule has 0 spiro atoms. The smallest absolute Gasteiger partial charge is 0.234 e. The lowest BCUT2D eigenvalue weighted by Gasteiger charge is -2.27. The molecule has 24 heavy (non-hydrogen) atoms. The molecule has 130 valence electrons. The Balaban J connectivity index is 1.79. The van der Waals surface area contributed by atoms with Crippen LogP contribution in [0.4, 0.5) is 0 Å². The standard InChI is InChI=1S/C15H16Cl2N2O3S2/c1-19(24(21)22)13-9-5-3-2-4-8(9)6-11(13)18-15(20)12-7-10(16)14(17)23-12/h2-5,11-13,24H,6-7H2,1H3,(H,18,20). The first kappa shape index (κ1) is 18.1. The van der Waals surface area contributed by atoms with E-state index in [0.717, 1.165) is 11.1 Å². The van der Waals surface area contributed by atoms with Gasteiger partial charge >= 0.3 is 0 Å². The molecule has 1 aromatic rings. The largest absolute Gasteiger partial charge is 0.350 e. The highest BCUT2D eigenvalue weighted by Gasteiger charge is 2.39. The van der Waals surface area contributed by atoms with Crippen LogP contribution in [0.2, 0.25) is 0 Å². The summed E-state index contributed by atoms with van der Waals surface area (Å²) >= 11 is 13.2. The van der Waals surface area contributed by atoms with Crippen molar-refractivity contribution >= 4 is 51.8 Å². The number of rotatable bonds is 4. The third-order valence-corrected chi connectivity index (χ3v) is 7.23. The molecule has 5 nitrogen and oxygen atoms in total. The van der Waals surface area contributed by atoms with E-state index in [1.54, 1.807) is 0 Å². The second-order valence-corrected chi connectivity index (χ2v) is 9.14. The molecule has 1 amide bonds. The maximum absolute atomic E-state index is 12.5. The zero-order valence-corrected chi connectivity index (χ0v) is 16.0. The van der Waals surface area contributed by atoms with E-state index in [-0.39, 0.29) is 17.2 Å². The van der Waals surface area contributed by atoms with Gasteiger partial charge in [-0.3, -0.25) is 4.79 Å². The predicted molar refractivity (Wildman–Crippen MR) is 97.6 cm³/mol. The molecule has 0 bridgehead atoms. The summed E-state index contributed by atoms with van der Waals surface area (Å²) in [5.41, 5.74) is 1.97. The molecule has 0 aromatic heterocycles. The van der Waals surface area contributed by atoms with E-state index in [1.807, 2.05) is 24.3 Å². The summed E-state index contributed by atoms with van der Waals surface area (Å²) in [7, 11) is -1.22. The Morgan fingerprint density at radius 2 is 2.00 bits per heavy atom. The van der Waals surface area contributed by atoms with Gasteiger partial charge in [0.15, 0.2) is 0 Å². The number of nitrogens with one attached hydrogen (secondary N) is 1. The van der Waals surface area contributed by atoms with Crippen LogP contribution in [0.5, 0.6) is 0 Å². The zero-order valence-electron chi connectivity index (χ0n) is 12.7. The Morgan fingerprint density at radius 1 is 1.29 bits per heavy atom. The van der Waals surface area contributed by atoms with Crippen molar-refractivity contribution in [2.75, 3.05) is 7.05 Å². The fraction of sp³-hybridized carbons (Fsp3) is 0.400. The van der Waals surface area contributed by atoms with Gasteiger partial charge in [-0.1, -0.05) is 59.2 Å². The summed E-state index contributed by atoms with van der Waals surface area (Å²) in [5.74, 6) is -0.175. The molecular formula is C15H16Cl2N2O3S2. The summed E-state index contributed by atoms with van der Waals surface area (Å²) in [4.78, 5) is 12.5. The van der Waals surface area contributed by atoms with E-state index >= 15 is 0 Å². The minimum absolute atomic E-state index is 0.175. The van der Waals surface area contributed by atoms with E-state index < -0.39 is 16.9 Å². The Bertz CT molecular complexity index is 760. The normalized spacial score (nSPS) is 26.3. The van der Waals surface area contributed by atoms with E-state index in [0.29, 0.717) is 22.2 Å². The van der Waals surface area contributed by atoms with Crippen molar-refractivity contribution in [2.45, 2.75) is 30.2 Å². The van der Waals surface area contributed by atoms with Gasteiger partial charge in [0, 0.05) is 18.5 Å². The van der Waals surface area contributed by atoms with Crippen LogP contribution in [0.1, 0.15) is 23.6 Å². The van der Waals surface area contributed by atoms with Gasteiger partial charge in [-0.05, 0) is 17.5 Å². The monoisotopic (exact) mass is 406 g/mol. The SMILES string of the molecule is CN(C1c2ccccc2CC1NC(=O)C1CC(Cl)=C(Cl)S1)[SH](=O)=O. The van der Waals surface area contributed by atoms with Gasteiger partial charge in [0.05, 0.1) is 21.7 Å². The summed E-state index contributed by atoms with van der Waals surface area (Å²) in [6, 6.07) is 6.93. The fourth-order valence-corrected chi connectivity index (χ4v) is 5.32. The number of allylic oxidation sites excluding steroid dienone is 1. The summed E-state index contributed by atoms with van der Waals surface area (Å²) in [6.45, 7) is 0. The van der Waals surface area contributed by atoms with Gasteiger partial charge in [0.1, 0.15) is 0 Å². The van der Waals surface area contributed by atoms with E-state index in [2.05, 4.69) is 5.32 Å². The number of thiol groups is 1. The van der Waals surface area contributed by atoms with Crippen LogP contribution in [-0.2, 0) is 22.1 Å². The molecule has 1 N–H and O–H groups in total. The number of benzene rings is 1. The van der Waals surface area contributed by atoms with Gasteiger partial charge in [-0.15, -0.1) is 0 Å². The maximum atomic E-state index is 12.5. The molecule has 0 saturated carbocycles. The van der Waals surface area contributed by atoms with Crippen LogP contribution in [0.3, 0.4) is 0 Å². The first-order chi connectivity index (χ1) is 11.4. The van der Waals surface area contributed by atoms with Crippen LogP contribution in [0, 0.1) is 0 Å².